The van der Waals surface area contributed by atoms with Crippen molar-refractivity contribution in [1.82, 2.24) is 4.57 Å². The number of hydrogen-bond donors (Lipinski definition) is 1. The second-order valence-electron chi connectivity index (χ2n) is 6.19. The molecule has 0 aliphatic heterocycles. The van der Waals surface area contributed by atoms with Crippen molar-refractivity contribution in [2.75, 3.05) is 0 Å². The van der Waals surface area contributed by atoms with Gasteiger partial charge in [0.15, 0.2) is 5.43 Å². The van der Waals surface area contributed by atoms with E-state index in [1.165, 1.54) is 6.42 Å². The Bertz CT molecular complexity index is 527. The van der Waals surface area contributed by atoms with Gasteiger partial charge in [0.2, 0.25) is 0 Å². The maximum Gasteiger partial charge on any atom is 0.303 e. The van der Waals surface area contributed by atoms with Crippen molar-refractivity contribution in [2.24, 2.45) is 5.41 Å². The fraction of sp³-hybridized carbons (Fsp3) is 0.625. The summed E-state index contributed by atoms with van der Waals surface area (Å²) in [6.45, 7) is 4.55. The molecule has 1 saturated carbocycles. The fourth-order valence-corrected chi connectivity index (χ4v) is 3.49. The van der Waals surface area contributed by atoms with E-state index in [1.54, 1.807) is 12.1 Å². The molecule has 0 unspecified atom stereocenters. The van der Waals surface area contributed by atoms with E-state index in [0.717, 1.165) is 37.1 Å². The Hall–Kier alpha value is -1.58. The quantitative estimate of drug-likeness (QED) is 0.920. The lowest BCUT2D eigenvalue weighted by Gasteiger charge is -2.38. The van der Waals surface area contributed by atoms with Gasteiger partial charge >= 0.3 is 5.97 Å². The minimum Gasteiger partial charge on any atom is -0.481 e. The molecule has 1 fully saturated rings. The summed E-state index contributed by atoms with van der Waals surface area (Å²) >= 11 is 0. The molecule has 0 amide bonds. The third kappa shape index (κ3) is 3.30. The lowest BCUT2D eigenvalue weighted by molar-refractivity contribution is -0.140. The summed E-state index contributed by atoms with van der Waals surface area (Å²) in [4.78, 5) is 22.7. The highest BCUT2D eigenvalue weighted by Gasteiger charge is 2.35. The summed E-state index contributed by atoms with van der Waals surface area (Å²) < 4.78 is 2.11. The Kier molecular flexibility index (Phi) is 4.31. The molecular formula is C16H23NO3. The molecule has 0 saturated heterocycles. The first-order chi connectivity index (χ1) is 9.42. The zero-order valence-corrected chi connectivity index (χ0v) is 12.3. The van der Waals surface area contributed by atoms with Crippen LogP contribution in [0.15, 0.2) is 16.9 Å². The Balaban J connectivity index is 2.32. The summed E-state index contributed by atoms with van der Waals surface area (Å²) in [7, 11) is 0. The number of aliphatic carboxylic acids is 1. The number of carboxylic acids is 1. The van der Waals surface area contributed by atoms with Crippen molar-refractivity contribution >= 4 is 5.97 Å². The summed E-state index contributed by atoms with van der Waals surface area (Å²) in [5, 5.41) is 9.23. The van der Waals surface area contributed by atoms with Crippen molar-refractivity contribution in [2.45, 2.75) is 58.9 Å². The van der Waals surface area contributed by atoms with Gasteiger partial charge in [-0.3, -0.25) is 9.59 Å². The minimum atomic E-state index is -0.719. The maximum absolute atomic E-state index is 11.5. The van der Waals surface area contributed by atoms with Crippen LogP contribution in [0.4, 0.5) is 0 Å². The highest BCUT2D eigenvalue weighted by Crippen LogP contribution is 2.41. The maximum atomic E-state index is 11.5. The second kappa shape index (κ2) is 5.81. The van der Waals surface area contributed by atoms with Crippen molar-refractivity contribution in [3.63, 3.8) is 0 Å². The normalized spacial score (nSPS) is 17.9. The van der Waals surface area contributed by atoms with E-state index in [0.29, 0.717) is 6.54 Å². The summed E-state index contributed by atoms with van der Waals surface area (Å²) in [6, 6.07) is 3.26. The van der Waals surface area contributed by atoms with Gasteiger partial charge in [-0.05, 0) is 32.1 Å². The Morgan fingerprint density at radius 3 is 2.25 bits per heavy atom. The summed E-state index contributed by atoms with van der Waals surface area (Å²) in [5.74, 6) is -0.719. The molecule has 0 spiro atoms. The number of carbonyl (C=O) groups is 1. The first-order valence-corrected chi connectivity index (χ1v) is 7.32. The molecular weight excluding hydrogens is 254 g/mol. The van der Waals surface area contributed by atoms with Crippen molar-refractivity contribution in [1.29, 1.82) is 0 Å². The molecule has 2 rings (SSSR count). The number of aryl methyl sites for hydroxylation is 2. The number of rotatable bonds is 4. The standard InChI is InChI=1S/C16H23NO3/c1-12-8-14(18)9-13(2)17(12)11-16(10-15(19)20)6-4-3-5-7-16/h8-9H,3-7,10-11H2,1-2H3,(H,19,20). The lowest BCUT2D eigenvalue weighted by atomic mass is 9.71. The first-order valence-electron chi connectivity index (χ1n) is 7.32. The zero-order valence-electron chi connectivity index (χ0n) is 12.3. The topological polar surface area (TPSA) is 59.3 Å². The summed E-state index contributed by atoms with van der Waals surface area (Å²) in [5.41, 5.74) is 1.71. The van der Waals surface area contributed by atoms with Crippen LogP contribution >= 0.6 is 0 Å². The van der Waals surface area contributed by atoms with Crippen molar-refractivity contribution in [3.05, 3.63) is 33.7 Å². The number of carboxylic acid groups (broad SMARTS) is 1. The highest BCUT2D eigenvalue weighted by molar-refractivity contribution is 5.67. The average molecular weight is 277 g/mol. The van der Waals surface area contributed by atoms with E-state index >= 15 is 0 Å². The van der Waals surface area contributed by atoms with Gasteiger partial charge in [0.25, 0.3) is 0 Å². The van der Waals surface area contributed by atoms with Crippen molar-refractivity contribution < 1.29 is 9.90 Å². The monoisotopic (exact) mass is 277 g/mol. The van der Waals surface area contributed by atoms with E-state index in [4.69, 9.17) is 0 Å². The summed E-state index contributed by atoms with van der Waals surface area (Å²) in [6.07, 6.45) is 5.55. The van der Waals surface area contributed by atoms with Crippen LogP contribution < -0.4 is 5.43 Å². The van der Waals surface area contributed by atoms with Gasteiger partial charge in [0.1, 0.15) is 0 Å². The zero-order chi connectivity index (χ0) is 14.8. The molecule has 1 aromatic rings. The van der Waals surface area contributed by atoms with Gasteiger partial charge in [-0.15, -0.1) is 0 Å². The van der Waals surface area contributed by atoms with E-state index in [2.05, 4.69) is 4.57 Å². The SMILES string of the molecule is Cc1cc(=O)cc(C)n1CC1(CC(=O)O)CCCCC1. The highest BCUT2D eigenvalue weighted by atomic mass is 16.4. The predicted molar refractivity (Wildman–Crippen MR) is 77.9 cm³/mol. The Labute approximate surface area is 119 Å². The average Bonchev–Trinajstić information content (AvgIpc) is 2.34. The van der Waals surface area contributed by atoms with Gasteiger partial charge in [-0.25, -0.2) is 0 Å². The predicted octanol–water partition coefficient (Wildman–Crippen LogP) is 2.89. The molecule has 20 heavy (non-hydrogen) atoms. The third-order valence-electron chi connectivity index (χ3n) is 4.49. The molecule has 0 radical (unpaired) electrons. The molecule has 110 valence electrons. The number of nitrogens with zero attached hydrogens (tertiary/aromatic N) is 1. The second-order valence-corrected chi connectivity index (χ2v) is 6.19. The lowest BCUT2D eigenvalue weighted by Crippen LogP contribution is -2.33. The minimum absolute atomic E-state index is 0.0205. The van der Waals surface area contributed by atoms with Crippen LogP contribution in [0.25, 0.3) is 0 Å². The molecule has 0 atom stereocenters. The Morgan fingerprint density at radius 2 is 1.75 bits per heavy atom. The van der Waals surface area contributed by atoms with Crippen LogP contribution in [0.1, 0.15) is 49.9 Å². The molecule has 4 nitrogen and oxygen atoms in total. The molecule has 1 heterocycles. The van der Waals surface area contributed by atoms with Crippen LogP contribution in [0.5, 0.6) is 0 Å². The van der Waals surface area contributed by atoms with E-state index in [9.17, 15) is 14.7 Å². The molecule has 1 aliphatic rings. The van der Waals surface area contributed by atoms with Crippen molar-refractivity contribution in [3.8, 4) is 0 Å². The fourth-order valence-electron chi connectivity index (χ4n) is 3.49. The molecule has 1 aliphatic carbocycles. The number of hydrogen-bond acceptors (Lipinski definition) is 2. The van der Waals surface area contributed by atoms with Gasteiger partial charge in [0.05, 0.1) is 6.42 Å². The molecule has 4 heteroatoms. The molecule has 1 aromatic heterocycles. The van der Waals surface area contributed by atoms with E-state index < -0.39 is 5.97 Å². The van der Waals surface area contributed by atoms with E-state index in [1.807, 2.05) is 13.8 Å². The van der Waals surface area contributed by atoms with Gasteiger partial charge in [-0.1, -0.05) is 19.3 Å². The van der Waals surface area contributed by atoms with E-state index in [-0.39, 0.29) is 17.3 Å². The van der Waals surface area contributed by atoms with Crippen LogP contribution in [0, 0.1) is 19.3 Å². The third-order valence-corrected chi connectivity index (χ3v) is 4.49. The first kappa shape index (κ1) is 14.8. The Morgan fingerprint density at radius 1 is 1.20 bits per heavy atom. The molecule has 1 N–H and O–H groups in total. The van der Waals surface area contributed by atoms with Gasteiger partial charge in [-0.2, -0.15) is 0 Å². The van der Waals surface area contributed by atoms with Gasteiger partial charge < -0.3 is 9.67 Å². The van der Waals surface area contributed by atoms with Crippen LogP contribution in [-0.2, 0) is 11.3 Å². The van der Waals surface area contributed by atoms with Crippen LogP contribution in [-0.4, -0.2) is 15.6 Å². The van der Waals surface area contributed by atoms with Gasteiger partial charge in [0, 0.05) is 30.1 Å². The van der Waals surface area contributed by atoms with Crippen LogP contribution in [0.2, 0.25) is 0 Å². The smallest absolute Gasteiger partial charge is 0.303 e. The number of pyridine rings is 1. The van der Waals surface area contributed by atoms with Crippen LogP contribution in [0.3, 0.4) is 0 Å². The number of aromatic nitrogens is 1. The molecule has 0 aromatic carbocycles. The molecule has 0 bridgehead atoms. The largest absolute Gasteiger partial charge is 0.481 e.